The van der Waals surface area contributed by atoms with Gasteiger partial charge in [-0.25, -0.2) is 9.13 Å². The number of phosphoric ester groups is 2. The van der Waals surface area contributed by atoms with Crippen molar-refractivity contribution in [2.45, 2.75) is 155 Å². The van der Waals surface area contributed by atoms with Gasteiger partial charge in [-0.05, 0) is 44.1 Å². The van der Waals surface area contributed by atoms with Crippen molar-refractivity contribution in [3.05, 3.63) is 24.3 Å². The lowest BCUT2D eigenvalue weighted by molar-refractivity contribution is -0.161. The quantitative estimate of drug-likeness (QED) is 0.0159. The molecule has 0 aromatic carbocycles. The first-order valence-electron chi connectivity index (χ1n) is 18.8. The van der Waals surface area contributed by atoms with Crippen LogP contribution in [0.4, 0.5) is 0 Å². The highest BCUT2D eigenvalue weighted by atomic mass is 31.2. The van der Waals surface area contributed by atoms with E-state index in [4.69, 9.17) is 23.8 Å². The Morgan fingerprint density at radius 2 is 1.21 bits per heavy atom. The molecule has 0 spiro atoms. The standard InChI is InChI=1S/C36H66O14P2/c1-4-5-6-7-8-13-18-23-32(37)24-19-14-11-16-21-26-36(40)50-34(29-46-35(39)25-20-15-10-9-12-17-22-31(2)3)30-49-52(44,45)48-28-33(38)27-47-51(41,42)43/h8,13,18,23,31,33-34,38H,4-7,9-12,14-17,19-22,24-30H2,1-3H3,(H,44,45)(H2,41,42,43)/b13-8-,23-18+/t33-,34+/m0/s1. The molecule has 0 fully saturated rings. The third-order valence-electron chi connectivity index (χ3n) is 7.74. The van der Waals surface area contributed by atoms with Crippen molar-refractivity contribution in [2.75, 3.05) is 26.4 Å². The third kappa shape index (κ3) is 35.3. The van der Waals surface area contributed by atoms with Crippen LogP contribution in [0.3, 0.4) is 0 Å². The molecule has 52 heavy (non-hydrogen) atoms. The molecule has 0 heterocycles. The van der Waals surface area contributed by atoms with E-state index >= 15 is 0 Å². The van der Waals surface area contributed by atoms with E-state index in [0.717, 1.165) is 64.2 Å². The van der Waals surface area contributed by atoms with Crippen LogP contribution < -0.4 is 0 Å². The first kappa shape index (κ1) is 50.3. The first-order valence-corrected chi connectivity index (χ1v) is 21.9. The summed E-state index contributed by atoms with van der Waals surface area (Å²) in [5.41, 5.74) is 0. The molecule has 0 aliphatic carbocycles. The molecular formula is C36H66O14P2. The van der Waals surface area contributed by atoms with E-state index in [-0.39, 0.29) is 18.6 Å². The largest absolute Gasteiger partial charge is 0.472 e. The van der Waals surface area contributed by atoms with Gasteiger partial charge in [-0.1, -0.05) is 110 Å². The summed E-state index contributed by atoms with van der Waals surface area (Å²) in [7, 11) is -9.70. The minimum Gasteiger partial charge on any atom is -0.462 e. The molecule has 0 radical (unpaired) electrons. The molecule has 0 saturated heterocycles. The van der Waals surface area contributed by atoms with Crippen LogP contribution >= 0.6 is 15.6 Å². The lowest BCUT2D eigenvalue weighted by atomic mass is 10.0. The van der Waals surface area contributed by atoms with Gasteiger partial charge in [0.1, 0.15) is 12.7 Å². The predicted molar refractivity (Wildman–Crippen MR) is 198 cm³/mol. The Labute approximate surface area is 310 Å². The van der Waals surface area contributed by atoms with Gasteiger partial charge in [-0.2, -0.15) is 0 Å². The third-order valence-corrected chi connectivity index (χ3v) is 9.17. The van der Waals surface area contributed by atoms with E-state index in [2.05, 4.69) is 35.9 Å². The molecule has 0 aliphatic rings. The summed E-state index contributed by atoms with van der Waals surface area (Å²) in [4.78, 5) is 64.3. The maximum absolute atomic E-state index is 12.6. The summed E-state index contributed by atoms with van der Waals surface area (Å²) in [5, 5.41) is 9.69. The zero-order valence-corrected chi connectivity index (χ0v) is 33.4. The minimum atomic E-state index is -4.87. The molecule has 0 saturated carbocycles. The molecule has 0 aliphatic heterocycles. The summed E-state index contributed by atoms with van der Waals surface area (Å²) >= 11 is 0. The Morgan fingerprint density at radius 1 is 0.654 bits per heavy atom. The van der Waals surface area contributed by atoms with Gasteiger partial charge in [0.25, 0.3) is 0 Å². The summed E-state index contributed by atoms with van der Waals surface area (Å²) in [6.45, 7) is 3.74. The second kappa shape index (κ2) is 31.6. The Balaban J connectivity index is 4.67. The molecule has 0 aromatic rings. The summed E-state index contributed by atoms with van der Waals surface area (Å²) in [6, 6.07) is 0. The van der Waals surface area contributed by atoms with Gasteiger partial charge < -0.3 is 29.3 Å². The van der Waals surface area contributed by atoms with Gasteiger partial charge >= 0.3 is 27.6 Å². The highest BCUT2D eigenvalue weighted by molar-refractivity contribution is 7.47. The Hall–Kier alpha value is -1.73. The molecular weight excluding hydrogens is 718 g/mol. The number of ether oxygens (including phenoxy) is 2. The van der Waals surface area contributed by atoms with E-state index in [1.807, 2.05) is 6.08 Å². The second-order valence-electron chi connectivity index (χ2n) is 13.4. The average Bonchev–Trinajstić information content (AvgIpc) is 3.07. The maximum Gasteiger partial charge on any atom is 0.472 e. The number of carbonyl (C=O) groups excluding carboxylic acids is 3. The van der Waals surface area contributed by atoms with Crippen LogP contribution in [0.25, 0.3) is 0 Å². The van der Waals surface area contributed by atoms with Gasteiger partial charge in [0, 0.05) is 19.3 Å². The Morgan fingerprint density at radius 3 is 1.83 bits per heavy atom. The molecule has 1 unspecified atom stereocenters. The Kier molecular flexibility index (Phi) is 30.6. The fourth-order valence-corrected chi connectivity index (χ4v) is 5.96. The van der Waals surface area contributed by atoms with E-state index < -0.39 is 66.2 Å². The molecule has 4 N–H and O–H groups in total. The number of carbonyl (C=O) groups is 3. The highest BCUT2D eigenvalue weighted by Crippen LogP contribution is 2.43. The highest BCUT2D eigenvalue weighted by Gasteiger charge is 2.28. The normalized spacial score (nSPS) is 14.5. The van der Waals surface area contributed by atoms with Gasteiger partial charge in [0.05, 0.1) is 19.8 Å². The van der Waals surface area contributed by atoms with E-state index in [9.17, 15) is 33.5 Å². The van der Waals surface area contributed by atoms with Gasteiger partial charge in [0.15, 0.2) is 11.9 Å². The molecule has 0 amide bonds. The van der Waals surface area contributed by atoms with Crippen LogP contribution in [0.5, 0.6) is 0 Å². The lowest BCUT2D eigenvalue weighted by Gasteiger charge is -2.20. The molecule has 16 heteroatoms. The number of esters is 2. The van der Waals surface area contributed by atoms with Crippen LogP contribution in [-0.4, -0.2) is 76.1 Å². The smallest absolute Gasteiger partial charge is 0.462 e. The van der Waals surface area contributed by atoms with Gasteiger partial charge in [-0.15, -0.1) is 0 Å². The van der Waals surface area contributed by atoms with Gasteiger partial charge in [-0.3, -0.25) is 28.0 Å². The zero-order chi connectivity index (χ0) is 39.1. The topological polar surface area (TPSA) is 212 Å². The SMILES string of the molecule is CCCCC/C=C\C=C\C(=O)CCCCCCCC(=O)O[C@H](COC(=O)CCCCCCCCC(C)C)COP(=O)(O)OC[C@@H](O)COP(=O)(O)O. The fraction of sp³-hybridized carbons (Fsp3) is 0.806. The summed E-state index contributed by atoms with van der Waals surface area (Å²) in [5.74, 6) is -0.365. The number of hydrogen-bond acceptors (Lipinski definition) is 11. The Bertz CT molecular complexity index is 1100. The number of aliphatic hydroxyl groups excluding tert-OH is 1. The number of unbranched alkanes of at least 4 members (excludes halogenated alkanes) is 12. The van der Waals surface area contributed by atoms with Crippen molar-refractivity contribution in [3.63, 3.8) is 0 Å². The monoisotopic (exact) mass is 784 g/mol. The van der Waals surface area contributed by atoms with Gasteiger partial charge in [0.2, 0.25) is 0 Å². The minimum absolute atomic E-state index is 0.0485. The van der Waals surface area contributed by atoms with Crippen molar-refractivity contribution in [3.8, 4) is 0 Å². The molecule has 304 valence electrons. The number of rotatable bonds is 35. The van der Waals surface area contributed by atoms with Crippen LogP contribution in [0.2, 0.25) is 0 Å². The molecule has 3 atom stereocenters. The van der Waals surface area contributed by atoms with Crippen molar-refractivity contribution in [1.82, 2.24) is 0 Å². The summed E-state index contributed by atoms with van der Waals surface area (Å²) in [6.07, 6.45) is 20.5. The number of aliphatic hydroxyl groups is 1. The molecule has 14 nitrogen and oxygen atoms in total. The predicted octanol–water partition coefficient (Wildman–Crippen LogP) is 7.81. The van der Waals surface area contributed by atoms with Crippen LogP contribution in [0.15, 0.2) is 24.3 Å². The van der Waals surface area contributed by atoms with Crippen molar-refractivity contribution < 1.29 is 66.3 Å². The maximum atomic E-state index is 12.6. The molecule has 0 rings (SSSR count). The second-order valence-corrected chi connectivity index (χ2v) is 16.1. The van der Waals surface area contributed by atoms with E-state index in [1.165, 1.54) is 25.7 Å². The average molecular weight is 785 g/mol. The van der Waals surface area contributed by atoms with E-state index in [0.29, 0.717) is 25.2 Å². The molecule has 0 bridgehead atoms. The van der Waals surface area contributed by atoms with Crippen molar-refractivity contribution >= 4 is 33.4 Å². The van der Waals surface area contributed by atoms with E-state index in [1.54, 1.807) is 12.2 Å². The fourth-order valence-electron chi connectivity index (χ4n) is 4.81. The molecule has 0 aromatic heterocycles. The van der Waals surface area contributed by atoms with Crippen LogP contribution in [0.1, 0.15) is 143 Å². The number of ketones is 1. The van der Waals surface area contributed by atoms with Crippen LogP contribution in [0, 0.1) is 5.92 Å². The number of hydrogen-bond donors (Lipinski definition) is 4. The van der Waals surface area contributed by atoms with Crippen molar-refractivity contribution in [1.29, 1.82) is 0 Å². The number of phosphoric acid groups is 2. The zero-order valence-electron chi connectivity index (χ0n) is 31.6. The first-order chi connectivity index (χ1) is 24.6. The van der Waals surface area contributed by atoms with Crippen molar-refractivity contribution in [2.24, 2.45) is 5.92 Å². The summed E-state index contributed by atoms with van der Waals surface area (Å²) < 4.78 is 47.4. The van der Waals surface area contributed by atoms with Crippen LogP contribution in [-0.2, 0) is 46.6 Å². The number of allylic oxidation sites excluding steroid dienone is 4. The lowest BCUT2D eigenvalue weighted by Crippen LogP contribution is -2.30.